The summed E-state index contributed by atoms with van der Waals surface area (Å²) in [6.07, 6.45) is 0. The Labute approximate surface area is 298 Å². The second-order valence-electron chi connectivity index (χ2n) is 14.2. The fourth-order valence-electron chi connectivity index (χ4n) is 8.56. The zero-order valence-corrected chi connectivity index (χ0v) is 28.7. The molecule has 0 amide bonds. The predicted molar refractivity (Wildman–Crippen MR) is 216 cm³/mol. The minimum atomic E-state index is -0.0777. The largest absolute Gasteiger partial charge is 0.310 e. The number of nitrogens with zero attached hydrogens (tertiary/aromatic N) is 2. The van der Waals surface area contributed by atoms with Crippen molar-refractivity contribution >= 4 is 49.6 Å². The molecule has 1 aromatic heterocycles. The minimum absolute atomic E-state index is 0.0777. The summed E-state index contributed by atoms with van der Waals surface area (Å²) < 4.78 is 2.45. The van der Waals surface area contributed by atoms with Crippen LogP contribution in [0.1, 0.15) is 25.0 Å². The second kappa shape index (κ2) is 11.3. The van der Waals surface area contributed by atoms with Gasteiger partial charge in [0.1, 0.15) is 0 Å². The maximum absolute atomic E-state index is 2.45. The van der Waals surface area contributed by atoms with E-state index in [1.165, 1.54) is 71.6 Å². The fourth-order valence-corrected chi connectivity index (χ4v) is 8.56. The standard InChI is InChI=1S/C49H36N2/c1-49(2)43-21-11-8-18-39(43)40-30-29-37(32-44(40)49)50(35-15-4-3-5-16-35)36-27-24-34(25-28-36)48-38-17-7-6-14-33(38)26-31-47(48)51-45-22-12-9-19-41(45)42-20-10-13-23-46(42)51/h3-32H,1-2H3. The van der Waals surface area contributed by atoms with E-state index in [4.69, 9.17) is 0 Å². The highest BCUT2D eigenvalue weighted by atomic mass is 15.1. The van der Waals surface area contributed by atoms with Gasteiger partial charge >= 0.3 is 0 Å². The van der Waals surface area contributed by atoms with E-state index in [2.05, 4.69) is 205 Å². The van der Waals surface area contributed by atoms with E-state index >= 15 is 0 Å². The summed E-state index contributed by atoms with van der Waals surface area (Å²) in [5.74, 6) is 0. The number of aromatic nitrogens is 1. The van der Waals surface area contributed by atoms with Crippen LogP contribution in [0.3, 0.4) is 0 Å². The predicted octanol–water partition coefficient (Wildman–Crippen LogP) is 13.4. The normalized spacial score (nSPS) is 13.1. The summed E-state index contributed by atoms with van der Waals surface area (Å²) in [4.78, 5) is 2.39. The molecule has 0 N–H and O–H groups in total. The first kappa shape index (κ1) is 29.5. The Bertz CT molecular complexity index is 2720. The molecular formula is C49H36N2. The third-order valence-corrected chi connectivity index (χ3v) is 11.0. The maximum atomic E-state index is 2.45. The molecule has 9 aromatic rings. The number of benzene rings is 8. The molecule has 1 aliphatic carbocycles. The van der Waals surface area contributed by atoms with Crippen LogP contribution in [0.15, 0.2) is 182 Å². The van der Waals surface area contributed by atoms with Gasteiger partial charge in [-0.05, 0) is 93.2 Å². The monoisotopic (exact) mass is 652 g/mol. The van der Waals surface area contributed by atoms with Crippen LogP contribution >= 0.6 is 0 Å². The highest BCUT2D eigenvalue weighted by molar-refractivity contribution is 6.11. The van der Waals surface area contributed by atoms with Crippen LogP contribution in [0, 0.1) is 0 Å². The number of hydrogen-bond acceptors (Lipinski definition) is 1. The minimum Gasteiger partial charge on any atom is -0.310 e. The van der Waals surface area contributed by atoms with Gasteiger partial charge in [0.2, 0.25) is 0 Å². The summed E-state index contributed by atoms with van der Waals surface area (Å²) >= 11 is 0. The lowest BCUT2D eigenvalue weighted by Gasteiger charge is -2.28. The summed E-state index contributed by atoms with van der Waals surface area (Å²) in [7, 11) is 0. The summed E-state index contributed by atoms with van der Waals surface area (Å²) in [6, 6.07) is 66.6. The van der Waals surface area contributed by atoms with Gasteiger partial charge in [-0.15, -0.1) is 0 Å². The molecule has 1 aliphatic rings. The summed E-state index contributed by atoms with van der Waals surface area (Å²) in [6.45, 7) is 4.70. The Morgan fingerprint density at radius 3 is 1.75 bits per heavy atom. The van der Waals surface area contributed by atoms with Crippen molar-refractivity contribution in [1.82, 2.24) is 4.57 Å². The fraction of sp³-hybridized carbons (Fsp3) is 0.0612. The molecule has 2 nitrogen and oxygen atoms in total. The molecule has 10 rings (SSSR count). The van der Waals surface area contributed by atoms with Crippen LogP contribution in [0.5, 0.6) is 0 Å². The number of anilines is 3. The third kappa shape index (κ3) is 4.50. The van der Waals surface area contributed by atoms with E-state index in [1.807, 2.05) is 0 Å². The first-order valence-electron chi connectivity index (χ1n) is 17.8. The molecule has 2 heteroatoms. The maximum Gasteiger partial charge on any atom is 0.0547 e. The quantitative estimate of drug-likeness (QED) is 0.180. The SMILES string of the molecule is CC1(C)c2ccccc2-c2ccc(N(c3ccccc3)c3ccc(-c4c(-n5c6ccccc6c6ccccc65)ccc5ccccc45)cc3)cc21. The number of para-hydroxylation sites is 3. The molecule has 0 bridgehead atoms. The van der Waals surface area contributed by atoms with Gasteiger partial charge in [0, 0.05) is 38.8 Å². The molecule has 0 fully saturated rings. The van der Waals surface area contributed by atoms with Gasteiger partial charge in [-0.2, -0.15) is 0 Å². The number of rotatable bonds is 5. The lowest BCUT2D eigenvalue weighted by atomic mass is 9.82. The topological polar surface area (TPSA) is 8.17 Å². The lowest BCUT2D eigenvalue weighted by Crippen LogP contribution is -2.16. The van der Waals surface area contributed by atoms with Crippen LogP contribution in [0.4, 0.5) is 17.1 Å². The smallest absolute Gasteiger partial charge is 0.0547 e. The zero-order chi connectivity index (χ0) is 34.1. The van der Waals surface area contributed by atoms with Crippen LogP contribution in [0.2, 0.25) is 0 Å². The molecule has 0 spiro atoms. The second-order valence-corrected chi connectivity index (χ2v) is 14.2. The van der Waals surface area contributed by atoms with Crippen LogP contribution in [0.25, 0.3) is 60.5 Å². The van der Waals surface area contributed by atoms with E-state index in [0.29, 0.717) is 0 Å². The Morgan fingerprint density at radius 2 is 1.00 bits per heavy atom. The molecular weight excluding hydrogens is 617 g/mol. The van der Waals surface area contributed by atoms with Crippen molar-refractivity contribution in [3.8, 4) is 27.9 Å². The van der Waals surface area contributed by atoms with Crippen LogP contribution in [-0.2, 0) is 5.41 Å². The average Bonchev–Trinajstić information content (AvgIpc) is 3.64. The van der Waals surface area contributed by atoms with Crippen molar-refractivity contribution in [2.45, 2.75) is 19.3 Å². The molecule has 0 radical (unpaired) electrons. The molecule has 0 atom stereocenters. The van der Waals surface area contributed by atoms with Gasteiger partial charge in [-0.3, -0.25) is 0 Å². The van der Waals surface area contributed by atoms with Crippen LogP contribution < -0.4 is 4.90 Å². The highest BCUT2D eigenvalue weighted by Gasteiger charge is 2.35. The zero-order valence-electron chi connectivity index (χ0n) is 28.7. The van der Waals surface area contributed by atoms with Crippen molar-refractivity contribution in [2.24, 2.45) is 0 Å². The van der Waals surface area contributed by atoms with Gasteiger partial charge in [0.15, 0.2) is 0 Å². The van der Waals surface area contributed by atoms with Crippen molar-refractivity contribution in [2.75, 3.05) is 4.90 Å². The first-order chi connectivity index (χ1) is 25.1. The van der Waals surface area contributed by atoms with E-state index in [9.17, 15) is 0 Å². The van der Waals surface area contributed by atoms with Crippen molar-refractivity contribution in [1.29, 1.82) is 0 Å². The van der Waals surface area contributed by atoms with Gasteiger partial charge < -0.3 is 9.47 Å². The lowest BCUT2D eigenvalue weighted by molar-refractivity contribution is 0.660. The van der Waals surface area contributed by atoms with E-state index in [-0.39, 0.29) is 5.41 Å². The van der Waals surface area contributed by atoms with Crippen molar-refractivity contribution in [3.63, 3.8) is 0 Å². The van der Waals surface area contributed by atoms with Crippen molar-refractivity contribution < 1.29 is 0 Å². The Morgan fingerprint density at radius 1 is 0.431 bits per heavy atom. The molecule has 51 heavy (non-hydrogen) atoms. The molecule has 242 valence electrons. The molecule has 8 aromatic carbocycles. The van der Waals surface area contributed by atoms with Gasteiger partial charge in [0.05, 0.1) is 16.7 Å². The van der Waals surface area contributed by atoms with Gasteiger partial charge in [0.25, 0.3) is 0 Å². The van der Waals surface area contributed by atoms with Crippen LogP contribution in [-0.4, -0.2) is 4.57 Å². The molecule has 1 heterocycles. The van der Waals surface area contributed by atoms with E-state index in [1.54, 1.807) is 0 Å². The first-order valence-corrected chi connectivity index (χ1v) is 17.8. The van der Waals surface area contributed by atoms with E-state index < -0.39 is 0 Å². The molecule has 0 unspecified atom stereocenters. The Kier molecular flexibility index (Phi) is 6.56. The number of fused-ring (bicyclic) bond motifs is 7. The molecule has 0 saturated carbocycles. The third-order valence-electron chi connectivity index (χ3n) is 11.0. The average molecular weight is 653 g/mol. The van der Waals surface area contributed by atoms with Gasteiger partial charge in [-0.25, -0.2) is 0 Å². The Balaban J connectivity index is 1.15. The van der Waals surface area contributed by atoms with E-state index in [0.717, 1.165) is 17.1 Å². The Hall–Kier alpha value is -6.38. The number of hydrogen-bond donors (Lipinski definition) is 0. The summed E-state index contributed by atoms with van der Waals surface area (Å²) in [5.41, 5.74) is 14.8. The van der Waals surface area contributed by atoms with Crippen molar-refractivity contribution in [3.05, 3.63) is 193 Å². The van der Waals surface area contributed by atoms with Gasteiger partial charge in [-0.1, -0.05) is 141 Å². The molecule has 0 aliphatic heterocycles. The molecule has 0 saturated heterocycles. The summed E-state index contributed by atoms with van der Waals surface area (Å²) in [5, 5.41) is 5.00. The highest BCUT2D eigenvalue weighted by Crippen LogP contribution is 2.51.